The SMILES string of the molecule is CC/C(=C\C(=O)O)C(=O)O.CCC/C(=C/C(=O)O)C(=O)O. The van der Waals surface area contributed by atoms with Gasteiger partial charge in [0.15, 0.2) is 0 Å². The molecule has 0 aromatic rings. The van der Waals surface area contributed by atoms with E-state index in [-0.39, 0.29) is 17.6 Å². The standard InChI is InChI=1S/C7H10O4.C6H8O4/c1-2-3-5(7(10)11)4-6(8)9;1-2-4(6(9)10)3-5(7)8/h4H,2-3H2,1H3,(H,8,9)(H,10,11);3H,2H2,1H3,(H,7,8)(H,9,10)/b5-4-;4-3+. The molecular formula is C13H18O8. The van der Waals surface area contributed by atoms with Gasteiger partial charge in [-0.2, -0.15) is 0 Å². The Labute approximate surface area is 121 Å². The molecule has 0 amide bonds. The molecule has 0 aliphatic rings. The van der Waals surface area contributed by atoms with Crippen molar-refractivity contribution in [1.82, 2.24) is 0 Å². The molecule has 0 saturated carbocycles. The average molecular weight is 302 g/mol. The predicted molar refractivity (Wildman–Crippen MR) is 71.9 cm³/mol. The molecule has 0 spiro atoms. The van der Waals surface area contributed by atoms with Crippen molar-refractivity contribution in [3.63, 3.8) is 0 Å². The zero-order valence-electron chi connectivity index (χ0n) is 11.7. The number of carboxylic acids is 4. The van der Waals surface area contributed by atoms with Crippen LogP contribution in [0.15, 0.2) is 23.3 Å². The summed E-state index contributed by atoms with van der Waals surface area (Å²) in [5, 5.41) is 33.1. The van der Waals surface area contributed by atoms with Crippen molar-refractivity contribution in [2.75, 3.05) is 0 Å². The van der Waals surface area contributed by atoms with E-state index in [1.807, 2.05) is 0 Å². The summed E-state index contributed by atoms with van der Waals surface area (Å²) in [5.41, 5.74) is -0.146. The highest BCUT2D eigenvalue weighted by molar-refractivity contribution is 5.95. The molecule has 4 N–H and O–H groups in total. The number of hydrogen-bond acceptors (Lipinski definition) is 4. The maximum atomic E-state index is 10.3. The normalized spacial score (nSPS) is 11.1. The fourth-order valence-corrected chi connectivity index (χ4v) is 1.12. The van der Waals surface area contributed by atoms with E-state index in [2.05, 4.69) is 0 Å². The summed E-state index contributed by atoms with van der Waals surface area (Å²) in [4.78, 5) is 40.4. The number of carbonyl (C=O) groups is 4. The van der Waals surface area contributed by atoms with Crippen molar-refractivity contribution < 1.29 is 39.6 Å². The summed E-state index contributed by atoms with van der Waals surface area (Å²) >= 11 is 0. The third-order valence-electron chi connectivity index (χ3n) is 2.05. The molecule has 0 radical (unpaired) electrons. The van der Waals surface area contributed by atoms with Gasteiger partial charge in [-0.3, -0.25) is 0 Å². The highest BCUT2D eigenvalue weighted by Gasteiger charge is 2.07. The summed E-state index contributed by atoms with van der Waals surface area (Å²) in [6.07, 6.45) is 2.57. The van der Waals surface area contributed by atoms with Crippen molar-refractivity contribution in [1.29, 1.82) is 0 Å². The van der Waals surface area contributed by atoms with Crippen molar-refractivity contribution in [2.24, 2.45) is 0 Å². The molecule has 0 saturated heterocycles. The predicted octanol–water partition coefficient (Wildman–Crippen LogP) is 1.37. The molecule has 0 atom stereocenters. The third kappa shape index (κ3) is 12.2. The molecule has 0 aliphatic carbocycles. The van der Waals surface area contributed by atoms with E-state index in [0.29, 0.717) is 18.9 Å². The Morgan fingerprint density at radius 3 is 1.33 bits per heavy atom. The topological polar surface area (TPSA) is 149 Å². The van der Waals surface area contributed by atoms with Crippen LogP contribution in [-0.2, 0) is 19.2 Å². The minimum Gasteiger partial charge on any atom is -0.478 e. The van der Waals surface area contributed by atoms with Gasteiger partial charge in [0.05, 0.1) is 0 Å². The van der Waals surface area contributed by atoms with E-state index in [9.17, 15) is 19.2 Å². The van der Waals surface area contributed by atoms with E-state index in [1.165, 1.54) is 0 Å². The second-order valence-corrected chi connectivity index (χ2v) is 3.73. The first-order valence-electron chi connectivity index (χ1n) is 5.99. The molecule has 0 aromatic carbocycles. The molecule has 0 aromatic heterocycles. The fourth-order valence-electron chi connectivity index (χ4n) is 1.12. The lowest BCUT2D eigenvalue weighted by atomic mass is 10.1. The van der Waals surface area contributed by atoms with E-state index in [0.717, 1.165) is 6.08 Å². The van der Waals surface area contributed by atoms with Gasteiger partial charge in [-0.25, -0.2) is 19.2 Å². The molecule has 0 bridgehead atoms. The zero-order chi connectivity index (χ0) is 17.0. The van der Waals surface area contributed by atoms with E-state index < -0.39 is 23.9 Å². The van der Waals surface area contributed by atoms with Crippen LogP contribution in [0.3, 0.4) is 0 Å². The average Bonchev–Trinajstić information content (AvgIpc) is 2.35. The quantitative estimate of drug-likeness (QED) is 0.515. The number of carboxylic acid groups (broad SMARTS) is 4. The van der Waals surface area contributed by atoms with Crippen LogP contribution in [0.25, 0.3) is 0 Å². The van der Waals surface area contributed by atoms with Crippen LogP contribution in [-0.4, -0.2) is 44.3 Å². The summed E-state index contributed by atoms with van der Waals surface area (Å²) in [6, 6.07) is 0. The zero-order valence-corrected chi connectivity index (χ0v) is 11.7. The molecular weight excluding hydrogens is 284 g/mol. The first kappa shape index (κ1) is 20.7. The largest absolute Gasteiger partial charge is 0.478 e. The minimum absolute atomic E-state index is 0.0556. The number of hydrogen-bond donors (Lipinski definition) is 4. The van der Waals surface area contributed by atoms with Crippen molar-refractivity contribution in [2.45, 2.75) is 33.1 Å². The summed E-state index contributed by atoms with van der Waals surface area (Å²) in [6.45, 7) is 3.38. The van der Waals surface area contributed by atoms with Gasteiger partial charge in [0.2, 0.25) is 0 Å². The van der Waals surface area contributed by atoms with Crippen molar-refractivity contribution >= 4 is 23.9 Å². The van der Waals surface area contributed by atoms with Crippen LogP contribution >= 0.6 is 0 Å². The lowest BCUT2D eigenvalue weighted by Gasteiger charge is -1.95. The van der Waals surface area contributed by atoms with Gasteiger partial charge < -0.3 is 20.4 Å². The molecule has 21 heavy (non-hydrogen) atoms. The molecule has 0 heterocycles. The molecule has 0 fully saturated rings. The van der Waals surface area contributed by atoms with Gasteiger partial charge in [-0.15, -0.1) is 0 Å². The van der Waals surface area contributed by atoms with E-state index in [1.54, 1.807) is 13.8 Å². The Morgan fingerprint density at radius 1 is 0.762 bits per heavy atom. The number of rotatable bonds is 7. The van der Waals surface area contributed by atoms with Gasteiger partial charge in [0.1, 0.15) is 0 Å². The lowest BCUT2D eigenvalue weighted by Crippen LogP contribution is -2.03. The van der Waals surface area contributed by atoms with E-state index in [4.69, 9.17) is 20.4 Å². The third-order valence-corrected chi connectivity index (χ3v) is 2.05. The van der Waals surface area contributed by atoms with E-state index >= 15 is 0 Å². The van der Waals surface area contributed by atoms with Crippen LogP contribution < -0.4 is 0 Å². The smallest absolute Gasteiger partial charge is 0.331 e. The Balaban J connectivity index is 0. The molecule has 0 rings (SSSR count). The van der Waals surface area contributed by atoms with Crippen LogP contribution in [0.1, 0.15) is 33.1 Å². The molecule has 8 nitrogen and oxygen atoms in total. The summed E-state index contributed by atoms with van der Waals surface area (Å²) < 4.78 is 0. The van der Waals surface area contributed by atoms with Gasteiger partial charge in [-0.1, -0.05) is 20.3 Å². The highest BCUT2D eigenvalue weighted by atomic mass is 16.4. The first-order valence-corrected chi connectivity index (χ1v) is 5.99. The lowest BCUT2D eigenvalue weighted by molar-refractivity contribution is -0.135. The summed E-state index contributed by atoms with van der Waals surface area (Å²) in [5.74, 6) is -4.77. The van der Waals surface area contributed by atoms with Crippen LogP contribution in [0, 0.1) is 0 Å². The Bertz CT molecular complexity index is 459. The second kappa shape index (κ2) is 11.2. The van der Waals surface area contributed by atoms with Gasteiger partial charge >= 0.3 is 23.9 Å². The fraction of sp³-hybridized carbons (Fsp3) is 0.385. The van der Waals surface area contributed by atoms with Gasteiger partial charge in [0, 0.05) is 23.3 Å². The van der Waals surface area contributed by atoms with Crippen molar-refractivity contribution in [3.8, 4) is 0 Å². The molecule has 8 heteroatoms. The molecule has 0 aliphatic heterocycles. The van der Waals surface area contributed by atoms with Gasteiger partial charge in [0.25, 0.3) is 0 Å². The monoisotopic (exact) mass is 302 g/mol. The minimum atomic E-state index is -1.22. The maximum absolute atomic E-state index is 10.3. The second-order valence-electron chi connectivity index (χ2n) is 3.73. The van der Waals surface area contributed by atoms with Gasteiger partial charge in [-0.05, 0) is 12.8 Å². The maximum Gasteiger partial charge on any atom is 0.331 e. The van der Waals surface area contributed by atoms with Crippen LogP contribution in [0.5, 0.6) is 0 Å². The molecule has 0 unspecified atom stereocenters. The Kier molecular flexibility index (Phi) is 11.0. The van der Waals surface area contributed by atoms with Crippen molar-refractivity contribution in [3.05, 3.63) is 23.3 Å². The number of aliphatic carboxylic acids is 4. The summed E-state index contributed by atoms with van der Waals surface area (Å²) in [7, 11) is 0. The highest BCUT2D eigenvalue weighted by Crippen LogP contribution is 2.04. The van der Waals surface area contributed by atoms with Crippen LogP contribution in [0.4, 0.5) is 0 Å². The Morgan fingerprint density at radius 2 is 1.14 bits per heavy atom. The van der Waals surface area contributed by atoms with Crippen LogP contribution in [0.2, 0.25) is 0 Å². The molecule has 118 valence electrons. The Hall–Kier alpha value is -2.64. The first-order chi connectivity index (χ1) is 9.65.